The summed E-state index contributed by atoms with van der Waals surface area (Å²) < 4.78 is 13.5. The average Bonchev–Trinajstić information content (AvgIpc) is 3.12. The van der Waals surface area contributed by atoms with Crippen LogP contribution in [0.25, 0.3) is 5.69 Å². The van der Waals surface area contributed by atoms with Gasteiger partial charge in [-0.3, -0.25) is 4.79 Å². The summed E-state index contributed by atoms with van der Waals surface area (Å²) >= 11 is 0. The van der Waals surface area contributed by atoms with Gasteiger partial charge in [0, 0.05) is 61.7 Å². The molecule has 0 bridgehead atoms. The number of rotatable bonds is 3. The van der Waals surface area contributed by atoms with Gasteiger partial charge >= 0.3 is 0 Å². The van der Waals surface area contributed by atoms with Gasteiger partial charge in [-0.15, -0.1) is 0 Å². The van der Waals surface area contributed by atoms with Crippen LogP contribution in [0.3, 0.4) is 0 Å². The molecule has 5 rings (SSSR count). The van der Waals surface area contributed by atoms with E-state index in [1.165, 1.54) is 0 Å². The zero-order valence-electron chi connectivity index (χ0n) is 17.7. The molecular weight excluding hydrogens is 394 g/mol. The molecule has 0 radical (unpaired) electrons. The van der Waals surface area contributed by atoms with Gasteiger partial charge in [0.05, 0.1) is 5.56 Å². The third-order valence-corrected chi connectivity index (χ3v) is 5.85. The maximum Gasteiger partial charge on any atom is 0.255 e. The smallest absolute Gasteiger partial charge is 0.255 e. The molecule has 1 fully saturated rings. The minimum atomic E-state index is 0.0607. The lowest BCUT2D eigenvalue weighted by Crippen LogP contribution is -2.49. The molecule has 0 atom stereocenters. The molecular formula is C23H25N5O3. The molecule has 0 unspecified atom stereocenters. The van der Waals surface area contributed by atoms with Gasteiger partial charge in [0.15, 0.2) is 11.5 Å². The molecule has 4 heterocycles. The van der Waals surface area contributed by atoms with E-state index in [1.807, 2.05) is 43.0 Å². The van der Waals surface area contributed by atoms with Gasteiger partial charge in [-0.25, -0.2) is 9.97 Å². The van der Waals surface area contributed by atoms with E-state index in [4.69, 9.17) is 9.47 Å². The monoisotopic (exact) mass is 419 g/mol. The maximum absolute atomic E-state index is 13.3. The van der Waals surface area contributed by atoms with Crippen molar-refractivity contribution in [2.24, 2.45) is 0 Å². The first-order valence-electron chi connectivity index (χ1n) is 10.5. The second-order valence-electron chi connectivity index (χ2n) is 7.78. The van der Waals surface area contributed by atoms with Crippen LogP contribution in [0.15, 0.2) is 42.7 Å². The van der Waals surface area contributed by atoms with Gasteiger partial charge in [-0.1, -0.05) is 0 Å². The lowest BCUT2D eigenvalue weighted by Gasteiger charge is -2.34. The van der Waals surface area contributed by atoms with Crippen molar-refractivity contribution < 1.29 is 14.3 Å². The first-order chi connectivity index (χ1) is 15.1. The van der Waals surface area contributed by atoms with Crippen LogP contribution >= 0.6 is 0 Å². The Labute approximate surface area is 181 Å². The zero-order chi connectivity index (χ0) is 21.4. The summed E-state index contributed by atoms with van der Waals surface area (Å²) in [7, 11) is 0. The van der Waals surface area contributed by atoms with E-state index in [9.17, 15) is 4.79 Å². The van der Waals surface area contributed by atoms with Crippen LogP contribution in [-0.2, 0) is 0 Å². The molecule has 160 valence electrons. The fourth-order valence-electron chi connectivity index (χ4n) is 4.28. The predicted molar refractivity (Wildman–Crippen MR) is 116 cm³/mol. The molecule has 0 saturated carbocycles. The number of carbonyl (C=O) groups is 1. The van der Waals surface area contributed by atoms with E-state index < -0.39 is 0 Å². The Morgan fingerprint density at radius 3 is 2.39 bits per heavy atom. The van der Waals surface area contributed by atoms with E-state index in [2.05, 4.69) is 19.4 Å². The predicted octanol–water partition coefficient (Wildman–Crippen LogP) is 2.62. The molecule has 0 spiro atoms. The van der Waals surface area contributed by atoms with E-state index in [-0.39, 0.29) is 5.91 Å². The third kappa shape index (κ3) is 3.58. The highest BCUT2D eigenvalue weighted by Crippen LogP contribution is 2.33. The maximum atomic E-state index is 13.3. The van der Waals surface area contributed by atoms with Crippen LogP contribution in [0, 0.1) is 13.8 Å². The summed E-state index contributed by atoms with van der Waals surface area (Å²) in [5.41, 5.74) is 3.63. The Hall–Kier alpha value is -3.55. The van der Waals surface area contributed by atoms with Crippen LogP contribution in [0.4, 0.5) is 5.95 Å². The third-order valence-electron chi connectivity index (χ3n) is 5.85. The van der Waals surface area contributed by atoms with Crippen molar-refractivity contribution in [3.8, 4) is 17.2 Å². The number of aryl methyl sites for hydroxylation is 1. The SMILES string of the molecule is Cc1cc(C(=O)N2CCN(c3ncccn3)CC2)c(C)n1-c1ccc2c(c1)OCCO2. The standard InChI is InChI=1S/C23H25N5O3/c1-16-14-19(17(2)28(16)18-4-5-20-21(15-18)31-13-12-30-20)22(29)26-8-10-27(11-9-26)23-24-6-3-7-25-23/h3-7,14-15H,8-13H2,1-2H3. The summed E-state index contributed by atoms with van der Waals surface area (Å²) in [4.78, 5) is 26.0. The topological polar surface area (TPSA) is 72.7 Å². The van der Waals surface area contributed by atoms with Crippen LogP contribution in [0.1, 0.15) is 21.7 Å². The molecule has 8 nitrogen and oxygen atoms in total. The Morgan fingerprint density at radius 2 is 1.65 bits per heavy atom. The van der Waals surface area contributed by atoms with E-state index in [0.29, 0.717) is 32.3 Å². The minimum Gasteiger partial charge on any atom is -0.486 e. The van der Waals surface area contributed by atoms with Crippen molar-refractivity contribution in [3.05, 3.63) is 59.7 Å². The summed E-state index contributed by atoms with van der Waals surface area (Å²) in [6, 6.07) is 9.68. The van der Waals surface area contributed by atoms with E-state index in [1.54, 1.807) is 18.5 Å². The molecule has 0 aliphatic carbocycles. The highest BCUT2D eigenvalue weighted by Gasteiger charge is 2.26. The number of piperazine rings is 1. The van der Waals surface area contributed by atoms with Crippen LogP contribution < -0.4 is 14.4 Å². The van der Waals surface area contributed by atoms with Gasteiger partial charge in [0.1, 0.15) is 13.2 Å². The molecule has 8 heteroatoms. The largest absolute Gasteiger partial charge is 0.486 e. The van der Waals surface area contributed by atoms with Gasteiger partial charge in [-0.2, -0.15) is 0 Å². The number of hydrogen-bond donors (Lipinski definition) is 0. The first kappa shape index (κ1) is 19.4. The second kappa shape index (κ2) is 7.94. The summed E-state index contributed by atoms with van der Waals surface area (Å²) in [5.74, 6) is 2.27. The van der Waals surface area contributed by atoms with Gasteiger partial charge < -0.3 is 23.8 Å². The molecule has 3 aromatic rings. The van der Waals surface area contributed by atoms with Crippen LogP contribution in [-0.4, -0.2) is 64.7 Å². The number of ether oxygens (including phenoxy) is 2. The average molecular weight is 419 g/mol. The number of fused-ring (bicyclic) bond motifs is 1. The number of amides is 1. The van der Waals surface area contributed by atoms with Crippen molar-refractivity contribution in [2.45, 2.75) is 13.8 Å². The second-order valence-corrected chi connectivity index (χ2v) is 7.78. The fraction of sp³-hybridized carbons (Fsp3) is 0.348. The van der Waals surface area contributed by atoms with Crippen molar-refractivity contribution in [1.29, 1.82) is 0 Å². The highest BCUT2D eigenvalue weighted by molar-refractivity contribution is 5.96. The van der Waals surface area contributed by atoms with Crippen molar-refractivity contribution in [2.75, 3.05) is 44.3 Å². The molecule has 2 aromatic heterocycles. The number of anilines is 1. The summed E-state index contributed by atoms with van der Waals surface area (Å²) in [6.07, 6.45) is 3.49. The quantitative estimate of drug-likeness (QED) is 0.650. The van der Waals surface area contributed by atoms with Crippen LogP contribution in [0.5, 0.6) is 11.5 Å². The minimum absolute atomic E-state index is 0.0607. The molecule has 0 N–H and O–H groups in total. The Kier molecular flexibility index (Phi) is 4.97. The van der Waals surface area contributed by atoms with Crippen molar-refractivity contribution >= 4 is 11.9 Å². The molecule has 2 aliphatic rings. The fourth-order valence-corrected chi connectivity index (χ4v) is 4.28. The Bertz CT molecular complexity index is 1100. The molecule has 2 aliphatic heterocycles. The highest BCUT2D eigenvalue weighted by atomic mass is 16.6. The first-order valence-corrected chi connectivity index (χ1v) is 10.5. The number of nitrogens with zero attached hydrogens (tertiary/aromatic N) is 5. The number of carbonyl (C=O) groups excluding carboxylic acids is 1. The molecule has 1 aromatic carbocycles. The molecule has 1 amide bonds. The van der Waals surface area contributed by atoms with Crippen molar-refractivity contribution in [3.63, 3.8) is 0 Å². The van der Waals surface area contributed by atoms with Gasteiger partial charge in [0.25, 0.3) is 5.91 Å². The lowest BCUT2D eigenvalue weighted by atomic mass is 10.2. The van der Waals surface area contributed by atoms with E-state index in [0.717, 1.165) is 47.2 Å². The number of hydrogen-bond acceptors (Lipinski definition) is 6. The Morgan fingerprint density at radius 1 is 0.935 bits per heavy atom. The lowest BCUT2D eigenvalue weighted by molar-refractivity contribution is 0.0745. The number of benzene rings is 1. The molecule has 1 saturated heterocycles. The van der Waals surface area contributed by atoms with E-state index >= 15 is 0 Å². The van der Waals surface area contributed by atoms with Gasteiger partial charge in [0.2, 0.25) is 5.95 Å². The zero-order valence-corrected chi connectivity index (χ0v) is 17.7. The summed E-state index contributed by atoms with van der Waals surface area (Å²) in [6.45, 7) is 7.85. The van der Waals surface area contributed by atoms with Crippen LogP contribution in [0.2, 0.25) is 0 Å². The number of aromatic nitrogens is 3. The van der Waals surface area contributed by atoms with Crippen molar-refractivity contribution in [1.82, 2.24) is 19.4 Å². The molecule has 31 heavy (non-hydrogen) atoms. The summed E-state index contributed by atoms with van der Waals surface area (Å²) in [5, 5.41) is 0. The Balaban J connectivity index is 1.35. The van der Waals surface area contributed by atoms with Gasteiger partial charge in [-0.05, 0) is 38.1 Å². The normalized spacial score (nSPS) is 15.8.